The quantitative estimate of drug-likeness (QED) is 0.606. The number of benzene rings is 1. The van der Waals surface area contributed by atoms with Crippen LogP contribution in [0.5, 0.6) is 0 Å². The van der Waals surface area contributed by atoms with Crippen LogP contribution in [-0.4, -0.2) is 22.7 Å². The van der Waals surface area contributed by atoms with Crippen molar-refractivity contribution in [1.82, 2.24) is 5.32 Å². The third kappa shape index (κ3) is 4.91. The summed E-state index contributed by atoms with van der Waals surface area (Å²) in [5.41, 5.74) is 1.99. The van der Waals surface area contributed by atoms with Crippen LogP contribution in [0.1, 0.15) is 24.0 Å². The first-order valence-electron chi connectivity index (χ1n) is 5.33. The fraction of sp³-hybridized carbons (Fsp3) is 0.417. The monoisotopic (exact) mass is 223 g/mol. The number of carbonyl (C=O) groups is 1. The molecule has 0 spiro atoms. The number of aliphatic carboxylic acids is 1. The van der Waals surface area contributed by atoms with Gasteiger partial charge < -0.3 is 15.5 Å². The van der Waals surface area contributed by atoms with Gasteiger partial charge in [-0.25, -0.2) is 0 Å². The number of aliphatic hydroxyl groups excluding tert-OH is 1. The molecule has 4 heteroatoms. The van der Waals surface area contributed by atoms with E-state index in [-0.39, 0.29) is 13.0 Å². The maximum atomic E-state index is 10.3. The molecule has 4 nitrogen and oxygen atoms in total. The lowest BCUT2D eigenvalue weighted by molar-refractivity contribution is -0.137. The van der Waals surface area contributed by atoms with Crippen molar-refractivity contribution >= 4 is 5.97 Å². The summed E-state index contributed by atoms with van der Waals surface area (Å²) in [7, 11) is 0. The van der Waals surface area contributed by atoms with Crippen molar-refractivity contribution in [3.63, 3.8) is 0 Å². The largest absolute Gasteiger partial charge is 0.481 e. The Morgan fingerprint density at radius 2 is 2.06 bits per heavy atom. The highest BCUT2D eigenvalue weighted by Crippen LogP contribution is 2.04. The molecule has 88 valence electrons. The summed E-state index contributed by atoms with van der Waals surface area (Å²) in [5.74, 6) is -0.760. The number of rotatable bonds is 7. The maximum absolute atomic E-state index is 10.3. The Kier molecular flexibility index (Phi) is 5.53. The van der Waals surface area contributed by atoms with Crippen LogP contribution in [0.2, 0.25) is 0 Å². The number of hydrogen-bond donors (Lipinski definition) is 3. The van der Waals surface area contributed by atoms with Crippen LogP contribution in [0.25, 0.3) is 0 Å². The second kappa shape index (κ2) is 6.98. The normalized spacial score (nSPS) is 10.3. The van der Waals surface area contributed by atoms with Gasteiger partial charge in [0.2, 0.25) is 0 Å². The minimum absolute atomic E-state index is 0.0485. The topological polar surface area (TPSA) is 69.6 Å². The van der Waals surface area contributed by atoms with Gasteiger partial charge in [0.1, 0.15) is 0 Å². The van der Waals surface area contributed by atoms with Gasteiger partial charge in [0.15, 0.2) is 0 Å². The summed E-state index contributed by atoms with van der Waals surface area (Å²) >= 11 is 0. The molecular weight excluding hydrogens is 206 g/mol. The number of carboxylic acids is 1. The first kappa shape index (κ1) is 12.7. The first-order chi connectivity index (χ1) is 7.72. The summed E-state index contributed by atoms with van der Waals surface area (Å²) in [4.78, 5) is 10.3. The van der Waals surface area contributed by atoms with Crippen LogP contribution in [0, 0.1) is 0 Å². The van der Waals surface area contributed by atoms with E-state index in [2.05, 4.69) is 5.32 Å². The lowest BCUT2D eigenvalue weighted by atomic mass is 10.1. The summed E-state index contributed by atoms with van der Waals surface area (Å²) in [6.07, 6.45) is 0.832. The Hall–Kier alpha value is -1.39. The molecule has 3 N–H and O–H groups in total. The highest BCUT2D eigenvalue weighted by Gasteiger charge is 1.97. The zero-order valence-corrected chi connectivity index (χ0v) is 9.15. The first-order valence-corrected chi connectivity index (χ1v) is 5.33. The lowest BCUT2D eigenvalue weighted by Gasteiger charge is -2.05. The van der Waals surface area contributed by atoms with Gasteiger partial charge in [0.05, 0.1) is 6.61 Å². The van der Waals surface area contributed by atoms with E-state index in [1.54, 1.807) is 0 Å². The maximum Gasteiger partial charge on any atom is 0.303 e. The van der Waals surface area contributed by atoms with Crippen LogP contribution < -0.4 is 5.32 Å². The number of aliphatic hydroxyl groups is 1. The summed E-state index contributed by atoms with van der Waals surface area (Å²) in [6, 6.07) is 7.68. The van der Waals surface area contributed by atoms with Crippen LogP contribution in [-0.2, 0) is 17.9 Å². The van der Waals surface area contributed by atoms with E-state index in [9.17, 15) is 4.79 Å². The standard InChI is InChI=1S/C12H17NO3/c14-9-11-4-1-3-10(7-11)8-13-6-2-5-12(15)16/h1,3-4,7,13-14H,2,5-6,8-9H2,(H,15,16). The molecule has 16 heavy (non-hydrogen) atoms. The second-order valence-corrected chi connectivity index (χ2v) is 3.65. The SMILES string of the molecule is O=C(O)CCCNCc1cccc(CO)c1. The molecule has 0 bridgehead atoms. The summed E-state index contributed by atoms with van der Waals surface area (Å²) in [6.45, 7) is 1.44. The van der Waals surface area contributed by atoms with Gasteiger partial charge in [-0.05, 0) is 24.1 Å². The third-order valence-electron chi connectivity index (χ3n) is 2.25. The van der Waals surface area contributed by atoms with Gasteiger partial charge in [0.25, 0.3) is 0 Å². The van der Waals surface area contributed by atoms with Crippen molar-refractivity contribution in [2.75, 3.05) is 6.54 Å². The van der Waals surface area contributed by atoms with E-state index in [0.717, 1.165) is 11.1 Å². The molecule has 0 aliphatic carbocycles. The second-order valence-electron chi connectivity index (χ2n) is 3.65. The molecule has 0 radical (unpaired) electrons. The van der Waals surface area contributed by atoms with Crippen molar-refractivity contribution in [3.05, 3.63) is 35.4 Å². The van der Waals surface area contributed by atoms with Crippen LogP contribution in [0.3, 0.4) is 0 Å². The molecule has 0 aliphatic rings. The smallest absolute Gasteiger partial charge is 0.303 e. The highest BCUT2D eigenvalue weighted by atomic mass is 16.4. The Morgan fingerprint density at radius 1 is 1.31 bits per heavy atom. The van der Waals surface area contributed by atoms with Crippen molar-refractivity contribution in [2.45, 2.75) is 26.0 Å². The fourth-order valence-corrected chi connectivity index (χ4v) is 1.44. The Bertz CT molecular complexity index is 339. The van der Waals surface area contributed by atoms with Gasteiger partial charge in [-0.15, -0.1) is 0 Å². The molecule has 0 unspecified atom stereocenters. The lowest BCUT2D eigenvalue weighted by Crippen LogP contribution is -2.15. The predicted octanol–water partition coefficient (Wildman–Crippen LogP) is 1.13. The Balaban J connectivity index is 2.23. The molecule has 0 fully saturated rings. The van der Waals surface area contributed by atoms with Crippen molar-refractivity contribution in [1.29, 1.82) is 0 Å². The zero-order chi connectivity index (χ0) is 11.8. The molecular formula is C12H17NO3. The molecule has 1 aromatic carbocycles. The van der Waals surface area contributed by atoms with Crippen molar-refractivity contribution < 1.29 is 15.0 Å². The molecule has 0 saturated carbocycles. The van der Waals surface area contributed by atoms with Crippen molar-refractivity contribution in [3.8, 4) is 0 Å². The van der Waals surface area contributed by atoms with E-state index in [0.29, 0.717) is 19.5 Å². The predicted molar refractivity (Wildman–Crippen MR) is 60.9 cm³/mol. The molecule has 0 atom stereocenters. The summed E-state index contributed by atoms with van der Waals surface area (Å²) in [5, 5.41) is 20.6. The van der Waals surface area contributed by atoms with E-state index < -0.39 is 5.97 Å². The van der Waals surface area contributed by atoms with E-state index >= 15 is 0 Å². The van der Waals surface area contributed by atoms with Gasteiger partial charge in [-0.1, -0.05) is 24.3 Å². The number of nitrogens with one attached hydrogen (secondary N) is 1. The van der Waals surface area contributed by atoms with Gasteiger partial charge in [-0.3, -0.25) is 4.79 Å². The van der Waals surface area contributed by atoms with Crippen LogP contribution >= 0.6 is 0 Å². The Labute approximate surface area is 94.9 Å². The third-order valence-corrected chi connectivity index (χ3v) is 2.25. The highest BCUT2D eigenvalue weighted by molar-refractivity contribution is 5.66. The molecule has 0 aromatic heterocycles. The molecule has 0 aliphatic heterocycles. The van der Waals surface area contributed by atoms with E-state index in [1.165, 1.54) is 0 Å². The molecule has 1 aromatic rings. The Morgan fingerprint density at radius 3 is 2.75 bits per heavy atom. The molecule has 0 amide bonds. The number of carboxylic acid groups (broad SMARTS) is 1. The van der Waals surface area contributed by atoms with Gasteiger partial charge >= 0.3 is 5.97 Å². The van der Waals surface area contributed by atoms with Crippen molar-refractivity contribution in [2.24, 2.45) is 0 Å². The van der Waals surface area contributed by atoms with Crippen LogP contribution in [0.4, 0.5) is 0 Å². The molecule has 0 saturated heterocycles. The average Bonchev–Trinajstić information content (AvgIpc) is 2.28. The van der Waals surface area contributed by atoms with E-state index in [4.69, 9.17) is 10.2 Å². The minimum atomic E-state index is -0.760. The minimum Gasteiger partial charge on any atom is -0.481 e. The van der Waals surface area contributed by atoms with Gasteiger partial charge in [-0.2, -0.15) is 0 Å². The number of hydrogen-bond acceptors (Lipinski definition) is 3. The average molecular weight is 223 g/mol. The summed E-state index contributed by atoms with van der Waals surface area (Å²) < 4.78 is 0. The zero-order valence-electron chi connectivity index (χ0n) is 9.15. The van der Waals surface area contributed by atoms with Crippen LogP contribution in [0.15, 0.2) is 24.3 Å². The molecule has 0 heterocycles. The fourth-order valence-electron chi connectivity index (χ4n) is 1.44. The molecule has 1 rings (SSSR count). The van der Waals surface area contributed by atoms with Gasteiger partial charge in [0, 0.05) is 13.0 Å². The van der Waals surface area contributed by atoms with E-state index in [1.807, 2.05) is 24.3 Å².